The van der Waals surface area contributed by atoms with Crippen LogP contribution in [0.5, 0.6) is 0 Å². The number of aromatic carboxylic acids is 1. The molecule has 0 atom stereocenters. The molecule has 0 aliphatic carbocycles. The Kier molecular flexibility index (Phi) is 5.00. The molecule has 0 spiro atoms. The molecular weight excluding hydrogens is 248 g/mol. The third kappa shape index (κ3) is 4.06. The van der Waals surface area contributed by atoms with Crippen LogP contribution in [0.1, 0.15) is 34.1 Å². The van der Waals surface area contributed by atoms with Crippen molar-refractivity contribution in [1.29, 1.82) is 0 Å². The number of esters is 1. The smallest absolute Gasteiger partial charge is 0.339 e. The molecule has 0 fully saturated rings. The summed E-state index contributed by atoms with van der Waals surface area (Å²) in [4.78, 5) is 33.9. The Labute approximate surface area is 110 Å². The number of ketones is 1. The first-order valence-corrected chi connectivity index (χ1v) is 5.61. The van der Waals surface area contributed by atoms with Gasteiger partial charge < -0.3 is 9.84 Å². The van der Waals surface area contributed by atoms with Gasteiger partial charge in [0, 0.05) is 6.42 Å². The maximum Gasteiger partial charge on any atom is 0.339 e. The molecule has 5 nitrogen and oxygen atoms in total. The minimum atomic E-state index is -1.20. The zero-order valence-electron chi connectivity index (χ0n) is 10.5. The second-order valence-corrected chi connectivity index (χ2v) is 3.94. The van der Waals surface area contributed by atoms with Crippen LogP contribution in [-0.2, 0) is 9.53 Å². The molecule has 19 heavy (non-hydrogen) atoms. The highest BCUT2D eigenvalue weighted by Gasteiger charge is 2.17. The Morgan fingerprint density at radius 3 is 2.32 bits per heavy atom. The van der Waals surface area contributed by atoms with E-state index in [9.17, 15) is 14.4 Å². The number of ether oxygens (including phenoxy) is 1. The van der Waals surface area contributed by atoms with Crippen molar-refractivity contribution >= 4 is 17.7 Å². The van der Waals surface area contributed by atoms with Crippen molar-refractivity contribution in [1.82, 2.24) is 0 Å². The Balaban J connectivity index is 2.67. The molecule has 5 heteroatoms. The monoisotopic (exact) mass is 262 g/mol. The van der Waals surface area contributed by atoms with Crippen molar-refractivity contribution in [3.05, 3.63) is 47.5 Å². The highest BCUT2D eigenvalue weighted by Crippen LogP contribution is 2.10. The van der Waals surface area contributed by atoms with E-state index in [2.05, 4.69) is 6.58 Å². The summed E-state index contributed by atoms with van der Waals surface area (Å²) in [6, 6.07) is 5.75. The summed E-state index contributed by atoms with van der Waals surface area (Å²) >= 11 is 0. The number of carboxylic acids is 1. The van der Waals surface area contributed by atoms with Crippen LogP contribution in [0.3, 0.4) is 0 Å². The predicted octanol–water partition coefficient (Wildman–Crippen LogP) is 2.08. The molecule has 0 aromatic heterocycles. The zero-order valence-corrected chi connectivity index (χ0v) is 10.5. The van der Waals surface area contributed by atoms with Crippen LogP contribution < -0.4 is 0 Å². The normalized spacial score (nSPS) is 9.74. The third-order valence-corrected chi connectivity index (χ3v) is 2.42. The Hall–Kier alpha value is -2.43. The number of carboxylic acid groups (broad SMARTS) is 1. The molecule has 1 aromatic rings. The highest BCUT2D eigenvalue weighted by molar-refractivity contribution is 6.02. The lowest BCUT2D eigenvalue weighted by molar-refractivity contribution is -0.116. The molecular formula is C14H14O5. The van der Waals surface area contributed by atoms with E-state index < -0.39 is 11.9 Å². The van der Waals surface area contributed by atoms with E-state index in [1.807, 2.05) is 0 Å². The fourth-order valence-corrected chi connectivity index (χ4v) is 1.38. The fourth-order valence-electron chi connectivity index (χ4n) is 1.38. The zero-order chi connectivity index (χ0) is 14.4. The molecule has 0 aliphatic heterocycles. The molecule has 0 heterocycles. The number of hydrogen-bond donors (Lipinski definition) is 1. The lowest BCUT2D eigenvalue weighted by Crippen LogP contribution is -2.14. The van der Waals surface area contributed by atoms with Gasteiger partial charge in [0.2, 0.25) is 0 Å². The lowest BCUT2D eigenvalue weighted by atomic mass is 10.1. The summed E-state index contributed by atoms with van der Waals surface area (Å²) in [5, 5.41) is 8.93. The number of Topliss-reactive ketones (excluding diaryl/α,β-unsaturated/α-hetero) is 1. The molecule has 1 aromatic carbocycles. The van der Waals surface area contributed by atoms with E-state index >= 15 is 0 Å². The fraction of sp³-hybridized carbons (Fsp3) is 0.214. The number of allylic oxidation sites excluding steroid dienone is 1. The van der Waals surface area contributed by atoms with Crippen molar-refractivity contribution < 1.29 is 24.2 Å². The number of carbonyl (C=O) groups excluding carboxylic acids is 2. The Morgan fingerprint density at radius 1 is 1.21 bits per heavy atom. The van der Waals surface area contributed by atoms with E-state index in [-0.39, 0.29) is 29.9 Å². The average molecular weight is 262 g/mol. The van der Waals surface area contributed by atoms with Gasteiger partial charge in [0.25, 0.3) is 0 Å². The molecule has 0 amide bonds. The van der Waals surface area contributed by atoms with Gasteiger partial charge in [0.15, 0.2) is 5.78 Å². The van der Waals surface area contributed by atoms with E-state index in [1.54, 1.807) is 13.0 Å². The van der Waals surface area contributed by atoms with Crippen LogP contribution in [-0.4, -0.2) is 29.4 Å². The van der Waals surface area contributed by atoms with Gasteiger partial charge in [-0.25, -0.2) is 9.59 Å². The van der Waals surface area contributed by atoms with Gasteiger partial charge in [0.1, 0.15) is 0 Å². The number of rotatable bonds is 6. The number of benzene rings is 1. The average Bonchev–Trinajstić information content (AvgIpc) is 2.38. The van der Waals surface area contributed by atoms with Crippen LogP contribution in [0.25, 0.3) is 0 Å². The van der Waals surface area contributed by atoms with Gasteiger partial charge in [-0.15, -0.1) is 0 Å². The maximum absolute atomic E-state index is 11.7. The minimum Gasteiger partial charge on any atom is -0.478 e. The van der Waals surface area contributed by atoms with Crippen molar-refractivity contribution in [2.75, 3.05) is 6.61 Å². The SMILES string of the molecule is C=C(C)C(=O)CCOC(=O)c1ccccc1C(=O)O. The second kappa shape index (κ2) is 6.49. The molecule has 0 aliphatic rings. The van der Waals surface area contributed by atoms with Crippen molar-refractivity contribution in [2.45, 2.75) is 13.3 Å². The molecule has 0 bridgehead atoms. The maximum atomic E-state index is 11.7. The van der Waals surface area contributed by atoms with Gasteiger partial charge in [-0.05, 0) is 24.6 Å². The van der Waals surface area contributed by atoms with Crippen LogP contribution in [0.4, 0.5) is 0 Å². The van der Waals surface area contributed by atoms with Crippen LogP contribution in [0.2, 0.25) is 0 Å². The van der Waals surface area contributed by atoms with E-state index in [1.165, 1.54) is 18.2 Å². The summed E-state index contributed by atoms with van der Waals surface area (Å²) in [6.45, 7) is 4.96. The van der Waals surface area contributed by atoms with Gasteiger partial charge in [-0.1, -0.05) is 18.7 Å². The molecule has 0 saturated carbocycles. The quantitative estimate of drug-likeness (QED) is 0.627. The predicted molar refractivity (Wildman–Crippen MR) is 68.1 cm³/mol. The van der Waals surface area contributed by atoms with E-state index in [0.29, 0.717) is 5.57 Å². The van der Waals surface area contributed by atoms with Crippen LogP contribution >= 0.6 is 0 Å². The Bertz CT molecular complexity index is 530. The van der Waals surface area contributed by atoms with E-state index in [4.69, 9.17) is 9.84 Å². The van der Waals surface area contributed by atoms with E-state index in [0.717, 1.165) is 0 Å². The topological polar surface area (TPSA) is 80.7 Å². The van der Waals surface area contributed by atoms with Gasteiger partial charge >= 0.3 is 11.9 Å². The molecule has 0 unspecified atom stereocenters. The number of hydrogen-bond acceptors (Lipinski definition) is 4. The minimum absolute atomic E-state index is 0.0298. The van der Waals surface area contributed by atoms with Crippen molar-refractivity contribution in [3.8, 4) is 0 Å². The molecule has 1 N–H and O–H groups in total. The summed E-state index contributed by atoms with van der Waals surface area (Å²) < 4.78 is 4.88. The van der Waals surface area contributed by atoms with Crippen LogP contribution in [0, 0.1) is 0 Å². The number of carbonyl (C=O) groups is 3. The van der Waals surface area contributed by atoms with Gasteiger partial charge in [-0.2, -0.15) is 0 Å². The molecule has 0 radical (unpaired) electrons. The van der Waals surface area contributed by atoms with Gasteiger partial charge in [0.05, 0.1) is 17.7 Å². The largest absolute Gasteiger partial charge is 0.478 e. The lowest BCUT2D eigenvalue weighted by Gasteiger charge is -2.06. The molecule has 0 saturated heterocycles. The summed E-state index contributed by atoms with van der Waals surface area (Å²) in [5.41, 5.74) is 0.235. The van der Waals surface area contributed by atoms with Crippen molar-refractivity contribution in [2.24, 2.45) is 0 Å². The Morgan fingerprint density at radius 2 is 1.79 bits per heavy atom. The molecule has 100 valence electrons. The third-order valence-electron chi connectivity index (χ3n) is 2.42. The first-order chi connectivity index (χ1) is 8.93. The summed E-state index contributed by atoms with van der Waals surface area (Å²) in [5.74, 6) is -2.16. The first kappa shape index (κ1) is 14.6. The first-order valence-electron chi connectivity index (χ1n) is 5.61. The van der Waals surface area contributed by atoms with Crippen molar-refractivity contribution in [3.63, 3.8) is 0 Å². The second-order valence-electron chi connectivity index (χ2n) is 3.94. The summed E-state index contributed by atoms with van der Waals surface area (Å²) in [6.07, 6.45) is 0.0380. The van der Waals surface area contributed by atoms with Gasteiger partial charge in [-0.3, -0.25) is 4.79 Å². The highest BCUT2D eigenvalue weighted by atomic mass is 16.5. The van der Waals surface area contributed by atoms with Crippen LogP contribution in [0.15, 0.2) is 36.4 Å². The standard InChI is InChI=1S/C14H14O5/c1-9(2)12(15)7-8-19-14(18)11-6-4-3-5-10(11)13(16)17/h3-6H,1,7-8H2,2H3,(H,16,17). The summed E-state index contributed by atoms with van der Waals surface area (Å²) in [7, 11) is 0. The molecule has 1 rings (SSSR count).